The number of nitrogens with one attached hydrogen (secondary N) is 1. The van der Waals surface area contributed by atoms with Crippen molar-refractivity contribution in [2.24, 2.45) is 0 Å². The summed E-state index contributed by atoms with van der Waals surface area (Å²) < 4.78 is 0. The molecule has 0 radical (unpaired) electrons. The maximum atomic E-state index is 12.4. The molecule has 0 saturated carbocycles. The lowest BCUT2D eigenvalue weighted by atomic mass is 10.0. The van der Waals surface area contributed by atoms with E-state index in [1.54, 1.807) is 20.9 Å². The predicted octanol–water partition coefficient (Wildman–Crippen LogP) is 0.874. The molecule has 20 heavy (non-hydrogen) atoms. The van der Waals surface area contributed by atoms with E-state index in [0.717, 1.165) is 6.20 Å². The highest BCUT2D eigenvalue weighted by Crippen LogP contribution is 2.24. The Morgan fingerprint density at radius 1 is 1.60 bits per heavy atom. The van der Waals surface area contributed by atoms with Gasteiger partial charge < -0.3 is 15.3 Å². The van der Waals surface area contributed by atoms with Crippen LogP contribution in [0.4, 0.5) is 11.5 Å². The van der Waals surface area contributed by atoms with Crippen molar-refractivity contribution in [1.82, 2.24) is 9.88 Å². The molecule has 1 amide bonds. The second-order valence-electron chi connectivity index (χ2n) is 4.93. The minimum absolute atomic E-state index is 0.0709. The number of amides is 1. The minimum Gasteiger partial charge on any atom is -0.394 e. The van der Waals surface area contributed by atoms with Gasteiger partial charge in [-0.3, -0.25) is 14.9 Å². The number of likely N-dealkylation sites (N-methyl/N-ethyl adjacent to an activating group) is 1. The van der Waals surface area contributed by atoms with Gasteiger partial charge >= 0.3 is 0 Å². The molecule has 8 heteroatoms. The van der Waals surface area contributed by atoms with Crippen molar-refractivity contribution in [3.63, 3.8) is 0 Å². The number of aromatic nitrogens is 1. The van der Waals surface area contributed by atoms with Crippen molar-refractivity contribution in [3.8, 4) is 0 Å². The van der Waals surface area contributed by atoms with Gasteiger partial charge in [0.05, 0.1) is 17.1 Å². The third kappa shape index (κ3) is 3.02. The maximum absolute atomic E-state index is 12.4. The molecule has 0 atom stereocenters. The number of carbonyl (C=O) groups excluding carboxylic acids is 1. The van der Waals surface area contributed by atoms with Gasteiger partial charge in [-0.25, -0.2) is 4.98 Å². The first kappa shape index (κ1) is 15.8. The van der Waals surface area contributed by atoms with E-state index in [1.165, 1.54) is 18.0 Å². The van der Waals surface area contributed by atoms with Gasteiger partial charge in [0, 0.05) is 20.2 Å². The molecule has 0 aliphatic carbocycles. The SMILES string of the molecule is CNc1cc(C(=O)N(C)C(C)(C)CO)c([N+](=O)[O-])cn1. The van der Waals surface area contributed by atoms with Gasteiger partial charge in [0.25, 0.3) is 11.6 Å². The zero-order valence-electron chi connectivity index (χ0n) is 11.9. The zero-order chi connectivity index (χ0) is 15.5. The third-order valence-corrected chi connectivity index (χ3v) is 3.17. The Balaban J connectivity index is 3.29. The molecule has 0 aliphatic heterocycles. The number of aliphatic hydroxyl groups excluding tert-OH is 1. The smallest absolute Gasteiger partial charge is 0.300 e. The molecule has 0 unspecified atom stereocenters. The maximum Gasteiger partial charge on any atom is 0.300 e. The van der Waals surface area contributed by atoms with Gasteiger partial charge in [-0.05, 0) is 13.8 Å². The summed E-state index contributed by atoms with van der Waals surface area (Å²) in [6, 6.07) is 1.32. The number of aliphatic hydroxyl groups is 1. The van der Waals surface area contributed by atoms with Crippen LogP contribution in [0.1, 0.15) is 24.2 Å². The zero-order valence-corrected chi connectivity index (χ0v) is 11.9. The Morgan fingerprint density at radius 3 is 2.65 bits per heavy atom. The fourth-order valence-electron chi connectivity index (χ4n) is 1.46. The van der Waals surface area contributed by atoms with Crippen molar-refractivity contribution in [1.29, 1.82) is 0 Å². The fraction of sp³-hybridized carbons (Fsp3) is 0.500. The molecule has 0 bridgehead atoms. The number of rotatable bonds is 5. The van der Waals surface area contributed by atoms with E-state index in [4.69, 9.17) is 0 Å². The molecular weight excluding hydrogens is 264 g/mol. The molecule has 1 aromatic rings. The van der Waals surface area contributed by atoms with E-state index in [1.807, 2.05) is 0 Å². The molecule has 1 rings (SSSR count). The molecule has 8 nitrogen and oxygen atoms in total. The Kier molecular flexibility index (Phi) is 4.61. The third-order valence-electron chi connectivity index (χ3n) is 3.17. The van der Waals surface area contributed by atoms with Crippen LogP contribution >= 0.6 is 0 Å². The lowest BCUT2D eigenvalue weighted by molar-refractivity contribution is -0.385. The van der Waals surface area contributed by atoms with Crippen LogP contribution in [0, 0.1) is 10.1 Å². The van der Waals surface area contributed by atoms with Crippen LogP contribution in [0.15, 0.2) is 12.3 Å². The van der Waals surface area contributed by atoms with Crippen molar-refractivity contribution in [3.05, 3.63) is 27.9 Å². The number of anilines is 1. The first-order valence-corrected chi connectivity index (χ1v) is 5.95. The van der Waals surface area contributed by atoms with Gasteiger partial charge in [-0.1, -0.05) is 0 Å². The van der Waals surface area contributed by atoms with Gasteiger partial charge in [0.2, 0.25) is 0 Å². The summed E-state index contributed by atoms with van der Waals surface area (Å²) >= 11 is 0. The highest BCUT2D eigenvalue weighted by molar-refractivity contribution is 5.99. The normalized spacial score (nSPS) is 11.1. The number of pyridine rings is 1. The molecule has 0 fully saturated rings. The van der Waals surface area contributed by atoms with Crippen LogP contribution in [0.2, 0.25) is 0 Å². The van der Waals surface area contributed by atoms with Gasteiger partial charge in [0.15, 0.2) is 0 Å². The largest absolute Gasteiger partial charge is 0.394 e. The summed E-state index contributed by atoms with van der Waals surface area (Å²) in [6.07, 6.45) is 1.04. The summed E-state index contributed by atoms with van der Waals surface area (Å²) in [5.74, 6) is -0.191. The van der Waals surface area contributed by atoms with E-state index >= 15 is 0 Å². The van der Waals surface area contributed by atoms with Crippen LogP contribution < -0.4 is 5.32 Å². The molecule has 1 aromatic heterocycles. The molecule has 0 aliphatic rings. The Morgan fingerprint density at radius 2 is 2.20 bits per heavy atom. The van der Waals surface area contributed by atoms with E-state index in [2.05, 4.69) is 10.3 Å². The monoisotopic (exact) mass is 282 g/mol. The van der Waals surface area contributed by atoms with Crippen molar-refractivity contribution >= 4 is 17.4 Å². The molecular formula is C12H18N4O4. The number of carbonyl (C=O) groups is 1. The molecule has 0 saturated heterocycles. The Bertz CT molecular complexity index is 530. The highest BCUT2D eigenvalue weighted by Gasteiger charge is 2.31. The summed E-state index contributed by atoms with van der Waals surface area (Å²) in [5.41, 5.74) is -1.26. The summed E-state index contributed by atoms with van der Waals surface area (Å²) in [5, 5.41) is 23.0. The molecule has 1 heterocycles. The van der Waals surface area contributed by atoms with Crippen molar-refractivity contribution < 1.29 is 14.8 Å². The quantitative estimate of drug-likeness (QED) is 0.613. The minimum atomic E-state index is -0.825. The van der Waals surface area contributed by atoms with Gasteiger partial charge in [-0.2, -0.15) is 0 Å². The fourth-order valence-corrected chi connectivity index (χ4v) is 1.46. The van der Waals surface area contributed by atoms with E-state index in [9.17, 15) is 20.0 Å². The van der Waals surface area contributed by atoms with Crippen LogP contribution in [-0.4, -0.2) is 52.1 Å². The van der Waals surface area contributed by atoms with Gasteiger partial charge in [-0.15, -0.1) is 0 Å². The molecule has 110 valence electrons. The second kappa shape index (κ2) is 5.83. The van der Waals surface area contributed by atoms with E-state index in [0.29, 0.717) is 5.82 Å². The van der Waals surface area contributed by atoms with Crippen molar-refractivity contribution in [2.75, 3.05) is 26.0 Å². The number of hydrogen-bond donors (Lipinski definition) is 2. The van der Waals surface area contributed by atoms with Crippen LogP contribution in [0.5, 0.6) is 0 Å². The molecule has 0 aromatic carbocycles. The summed E-state index contributed by atoms with van der Waals surface area (Å²) in [4.78, 5) is 27.8. The van der Waals surface area contributed by atoms with E-state index < -0.39 is 16.4 Å². The van der Waals surface area contributed by atoms with Gasteiger partial charge in [0.1, 0.15) is 17.6 Å². The average molecular weight is 282 g/mol. The number of hydrogen-bond acceptors (Lipinski definition) is 6. The standard InChI is InChI=1S/C12H18N4O4/c1-12(2,7-17)15(4)11(18)8-5-10(13-3)14-6-9(8)16(19)20/h5-6,17H,7H2,1-4H3,(H,13,14). The topological polar surface area (TPSA) is 109 Å². The van der Waals surface area contributed by atoms with Crippen molar-refractivity contribution in [2.45, 2.75) is 19.4 Å². The predicted molar refractivity (Wildman–Crippen MR) is 73.7 cm³/mol. The number of nitrogens with zero attached hydrogens (tertiary/aromatic N) is 3. The first-order chi connectivity index (χ1) is 9.24. The first-order valence-electron chi connectivity index (χ1n) is 5.95. The highest BCUT2D eigenvalue weighted by atomic mass is 16.6. The van der Waals surface area contributed by atoms with E-state index in [-0.39, 0.29) is 17.9 Å². The lowest BCUT2D eigenvalue weighted by Gasteiger charge is -2.33. The average Bonchev–Trinajstić information content (AvgIpc) is 2.44. The molecule has 0 spiro atoms. The number of nitro groups is 1. The summed E-state index contributed by atoms with van der Waals surface area (Å²) in [6.45, 7) is 3.07. The lowest BCUT2D eigenvalue weighted by Crippen LogP contribution is -2.47. The van der Waals surface area contributed by atoms with Crippen LogP contribution in [-0.2, 0) is 0 Å². The van der Waals surface area contributed by atoms with Crippen LogP contribution in [0.25, 0.3) is 0 Å². The Labute approximate surface area is 116 Å². The molecule has 2 N–H and O–H groups in total. The summed E-state index contributed by atoms with van der Waals surface area (Å²) in [7, 11) is 3.09. The Hall–Kier alpha value is -2.22. The van der Waals surface area contributed by atoms with Crippen LogP contribution in [0.3, 0.4) is 0 Å². The second-order valence-corrected chi connectivity index (χ2v) is 4.93.